The largest absolute Gasteiger partial charge is 0.481 e. The minimum atomic E-state index is -4.75. The predicted octanol–water partition coefficient (Wildman–Crippen LogP) is -1.49. The second kappa shape index (κ2) is 8.70. The summed E-state index contributed by atoms with van der Waals surface area (Å²) in [5, 5.41) is 30.7. The van der Waals surface area contributed by atoms with Gasteiger partial charge in [0.25, 0.3) is 0 Å². The van der Waals surface area contributed by atoms with Gasteiger partial charge in [-0.25, -0.2) is 14.3 Å². The third kappa shape index (κ3) is 5.43. The summed E-state index contributed by atoms with van der Waals surface area (Å²) in [7, 11) is -4.75. The lowest BCUT2D eigenvalue weighted by molar-refractivity contribution is -0.144. The highest BCUT2D eigenvalue weighted by molar-refractivity contribution is 7.46. The topological polar surface area (TPSA) is 252 Å². The fraction of sp³-hybridized carbons (Fsp3) is 0.500. The van der Waals surface area contributed by atoms with Crippen LogP contribution in [0.3, 0.4) is 0 Å². The zero-order valence-corrected chi connectivity index (χ0v) is 16.5. The molecule has 8 N–H and O–H groups in total. The molecule has 17 heteroatoms. The van der Waals surface area contributed by atoms with Crippen LogP contribution >= 0.6 is 7.82 Å². The SMILES string of the molecule is Nc1nc(N[C@@H](CC(=O)O)C(=O)O)c2ncn([C@H]3C[C@H](O)[C@@H](COP(=O)(O)O)O3)c2n1. The van der Waals surface area contributed by atoms with Gasteiger partial charge in [0, 0.05) is 6.42 Å². The molecule has 4 atom stereocenters. The van der Waals surface area contributed by atoms with Gasteiger partial charge in [-0.1, -0.05) is 0 Å². The van der Waals surface area contributed by atoms with E-state index in [0.29, 0.717) is 0 Å². The number of aliphatic carboxylic acids is 2. The monoisotopic (exact) mass is 462 g/mol. The maximum atomic E-state index is 11.3. The summed E-state index contributed by atoms with van der Waals surface area (Å²) in [6.07, 6.45) is -2.48. The highest BCUT2D eigenvalue weighted by Crippen LogP contribution is 2.38. The van der Waals surface area contributed by atoms with Crippen molar-refractivity contribution in [2.24, 2.45) is 0 Å². The molecule has 3 rings (SSSR count). The number of carboxylic acids is 2. The number of anilines is 2. The fourth-order valence-corrected chi connectivity index (χ4v) is 3.33. The number of hydrogen-bond acceptors (Lipinski definition) is 11. The van der Waals surface area contributed by atoms with E-state index in [9.17, 15) is 24.4 Å². The van der Waals surface area contributed by atoms with E-state index >= 15 is 0 Å². The van der Waals surface area contributed by atoms with Crippen LogP contribution in [0.4, 0.5) is 11.8 Å². The normalized spacial score (nSPS) is 22.5. The average Bonchev–Trinajstić information content (AvgIpc) is 3.21. The molecule has 0 bridgehead atoms. The number of nitrogens with zero attached hydrogens (tertiary/aromatic N) is 4. The van der Waals surface area contributed by atoms with Gasteiger partial charge in [0.1, 0.15) is 18.4 Å². The average molecular weight is 462 g/mol. The number of aliphatic hydroxyl groups excluding tert-OH is 1. The van der Waals surface area contributed by atoms with Crippen molar-refractivity contribution in [2.75, 3.05) is 17.7 Å². The minimum Gasteiger partial charge on any atom is -0.481 e. The molecule has 1 aliphatic rings. The number of nitrogens with two attached hydrogens (primary N) is 1. The van der Waals surface area contributed by atoms with E-state index in [1.807, 2.05) is 0 Å². The van der Waals surface area contributed by atoms with Crippen molar-refractivity contribution in [1.82, 2.24) is 19.5 Å². The zero-order valence-electron chi connectivity index (χ0n) is 15.6. The molecule has 0 aliphatic carbocycles. The number of rotatable bonds is 9. The molecule has 0 amide bonds. The van der Waals surface area contributed by atoms with Crippen LogP contribution in [0, 0.1) is 0 Å². The number of aromatic nitrogens is 4. The van der Waals surface area contributed by atoms with E-state index in [1.165, 1.54) is 10.9 Å². The number of hydrogen-bond donors (Lipinski definition) is 7. The predicted molar refractivity (Wildman–Crippen MR) is 99.6 cm³/mol. The molecule has 31 heavy (non-hydrogen) atoms. The van der Waals surface area contributed by atoms with Gasteiger partial charge in [-0.05, 0) is 0 Å². The Kier molecular flexibility index (Phi) is 6.40. The van der Waals surface area contributed by atoms with Crippen LogP contribution < -0.4 is 11.1 Å². The number of ether oxygens (including phenoxy) is 1. The van der Waals surface area contributed by atoms with E-state index in [1.54, 1.807) is 0 Å². The van der Waals surface area contributed by atoms with Gasteiger partial charge in [-0.2, -0.15) is 9.97 Å². The molecule has 0 saturated carbocycles. The molecular formula is C14H19N6O10P. The summed E-state index contributed by atoms with van der Waals surface area (Å²) in [6, 6.07) is -1.51. The van der Waals surface area contributed by atoms with Gasteiger partial charge in [-0.3, -0.25) is 13.9 Å². The Morgan fingerprint density at radius 1 is 1.39 bits per heavy atom. The Hall–Kier alpha value is -2.88. The van der Waals surface area contributed by atoms with Crippen LogP contribution in [0.15, 0.2) is 6.33 Å². The summed E-state index contributed by atoms with van der Waals surface area (Å²) in [5.74, 6) is -3.16. The van der Waals surface area contributed by atoms with Crippen molar-refractivity contribution in [3.8, 4) is 0 Å². The standard InChI is InChI=1S/C14H19N6O10P/c15-14-18-11(17-5(13(24)25)1-9(22)23)10-12(19-14)20(4-16-10)8-2-6(21)7(30-8)3-29-31(26,27)28/h4-8,21H,1-3H2,(H,22,23)(H,24,25)(H2,26,27,28)(H3,15,17,18,19)/t5-,6-,7+,8+/m0/s1. The van der Waals surface area contributed by atoms with Gasteiger partial charge in [0.05, 0.1) is 25.5 Å². The third-order valence-corrected chi connectivity index (χ3v) is 4.83. The fourth-order valence-electron chi connectivity index (χ4n) is 2.99. The summed E-state index contributed by atoms with van der Waals surface area (Å²) in [6.45, 7) is -0.562. The maximum absolute atomic E-state index is 11.3. The zero-order chi connectivity index (χ0) is 22.9. The van der Waals surface area contributed by atoms with Crippen molar-refractivity contribution >= 4 is 42.7 Å². The van der Waals surface area contributed by atoms with Crippen LogP contribution in [-0.4, -0.2) is 81.4 Å². The second-order valence-corrected chi connectivity index (χ2v) is 7.85. The quantitative estimate of drug-likeness (QED) is 0.209. The molecule has 2 aromatic heterocycles. The Balaban J connectivity index is 1.86. The van der Waals surface area contributed by atoms with E-state index in [-0.39, 0.29) is 29.4 Å². The van der Waals surface area contributed by atoms with E-state index < -0.39 is 57.3 Å². The van der Waals surface area contributed by atoms with Crippen LogP contribution in [0.1, 0.15) is 19.1 Å². The molecule has 16 nitrogen and oxygen atoms in total. The maximum Gasteiger partial charge on any atom is 0.469 e. The van der Waals surface area contributed by atoms with Crippen molar-refractivity contribution < 1.29 is 48.5 Å². The number of nitrogen functional groups attached to an aromatic ring is 1. The Morgan fingerprint density at radius 3 is 2.71 bits per heavy atom. The number of carboxylic acid groups (broad SMARTS) is 2. The Bertz CT molecular complexity index is 1040. The van der Waals surface area contributed by atoms with Gasteiger partial charge in [-0.15, -0.1) is 0 Å². The highest BCUT2D eigenvalue weighted by Gasteiger charge is 2.37. The molecular weight excluding hydrogens is 443 g/mol. The van der Waals surface area contributed by atoms with Gasteiger partial charge >= 0.3 is 19.8 Å². The summed E-state index contributed by atoms with van der Waals surface area (Å²) in [4.78, 5) is 51.9. The van der Waals surface area contributed by atoms with Crippen LogP contribution in [-0.2, 0) is 23.4 Å². The minimum absolute atomic E-state index is 0.00405. The van der Waals surface area contributed by atoms with Gasteiger partial charge < -0.3 is 40.9 Å². The summed E-state index contributed by atoms with van der Waals surface area (Å²) < 4.78 is 22.2. The lowest BCUT2D eigenvalue weighted by Crippen LogP contribution is -2.32. The molecule has 0 unspecified atom stereocenters. The molecule has 1 fully saturated rings. The molecule has 0 radical (unpaired) electrons. The summed E-state index contributed by atoms with van der Waals surface area (Å²) >= 11 is 0. The molecule has 2 aromatic rings. The van der Waals surface area contributed by atoms with Crippen molar-refractivity contribution in [3.05, 3.63) is 6.33 Å². The van der Waals surface area contributed by atoms with Crippen molar-refractivity contribution in [2.45, 2.75) is 37.3 Å². The summed E-state index contributed by atoms with van der Waals surface area (Å²) in [5.41, 5.74) is 5.86. The first-order valence-electron chi connectivity index (χ1n) is 8.69. The number of carbonyl (C=O) groups is 2. The number of aliphatic hydroxyl groups is 1. The molecule has 170 valence electrons. The van der Waals surface area contributed by atoms with Crippen molar-refractivity contribution in [1.29, 1.82) is 0 Å². The van der Waals surface area contributed by atoms with E-state index in [2.05, 4.69) is 24.8 Å². The van der Waals surface area contributed by atoms with Crippen LogP contribution in [0.2, 0.25) is 0 Å². The number of phosphoric acid groups is 1. The van der Waals surface area contributed by atoms with Gasteiger partial charge in [0.2, 0.25) is 5.95 Å². The van der Waals surface area contributed by atoms with Crippen LogP contribution in [0.25, 0.3) is 11.2 Å². The Morgan fingerprint density at radius 2 is 2.10 bits per heavy atom. The third-order valence-electron chi connectivity index (χ3n) is 4.35. The lowest BCUT2D eigenvalue weighted by atomic mass is 10.2. The number of nitrogens with one attached hydrogen (secondary N) is 1. The first-order valence-corrected chi connectivity index (χ1v) is 10.2. The van der Waals surface area contributed by atoms with E-state index in [0.717, 1.165) is 0 Å². The van der Waals surface area contributed by atoms with E-state index in [4.69, 9.17) is 25.4 Å². The first kappa shape index (κ1) is 22.8. The lowest BCUT2D eigenvalue weighted by Gasteiger charge is -2.16. The van der Waals surface area contributed by atoms with Gasteiger partial charge in [0.15, 0.2) is 17.0 Å². The second-order valence-electron chi connectivity index (χ2n) is 6.61. The number of imidazole rings is 1. The number of phosphoric ester groups is 1. The molecule has 1 saturated heterocycles. The molecule has 1 aliphatic heterocycles. The Labute approximate surface area is 172 Å². The smallest absolute Gasteiger partial charge is 0.469 e. The van der Waals surface area contributed by atoms with Crippen LogP contribution in [0.5, 0.6) is 0 Å². The molecule has 0 aromatic carbocycles. The first-order chi connectivity index (χ1) is 14.4. The van der Waals surface area contributed by atoms with Crippen molar-refractivity contribution in [3.63, 3.8) is 0 Å². The number of fused-ring (bicyclic) bond motifs is 1. The molecule has 0 spiro atoms. The molecule has 3 heterocycles. The highest BCUT2D eigenvalue weighted by atomic mass is 31.2.